The molecule has 2 rings (SSSR count). The summed E-state index contributed by atoms with van der Waals surface area (Å²) in [6.45, 7) is 3.94. The van der Waals surface area contributed by atoms with Crippen molar-refractivity contribution in [1.82, 2.24) is 15.2 Å². The van der Waals surface area contributed by atoms with Gasteiger partial charge in [0, 0.05) is 0 Å². The van der Waals surface area contributed by atoms with Crippen molar-refractivity contribution < 1.29 is 0 Å². The van der Waals surface area contributed by atoms with E-state index in [1.807, 2.05) is 19.9 Å². The Kier molecular flexibility index (Phi) is 2.48. The first kappa shape index (κ1) is 9.55. The van der Waals surface area contributed by atoms with Gasteiger partial charge in [-0.05, 0) is 26.0 Å². The number of thiazole rings is 1. The Bertz CT molecular complexity index is 450. The van der Waals surface area contributed by atoms with Gasteiger partial charge < -0.3 is 0 Å². The van der Waals surface area contributed by atoms with E-state index in [4.69, 9.17) is 11.6 Å². The van der Waals surface area contributed by atoms with Crippen molar-refractivity contribution in [3.05, 3.63) is 28.0 Å². The summed E-state index contributed by atoms with van der Waals surface area (Å²) in [5.41, 5.74) is 1.82. The Morgan fingerprint density at radius 3 is 2.50 bits per heavy atom. The van der Waals surface area contributed by atoms with E-state index in [0.29, 0.717) is 5.15 Å². The zero-order valence-corrected chi connectivity index (χ0v) is 9.35. The SMILES string of the molecule is Cc1nc(C)c(-c2ccc(Cl)nn2)s1. The lowest BCUT2D eigenvalue weighted by Crippen LogP contribution is -1.86. The molecule has 0 fully saturated rings. The molecule has 0 aliphatic rings. The molecule has 0 atom stereocenters. The quantitative estimate of drug-likeness (QED) is 0.749. The Hall–Kier alpha value is -1.00. The second kappa shape index (κ2) is 3.63. The van der Waals surface area contributed by atoms with Crippen molar-refractivity contribution in [2.75, 3.05) is 0 Å². The Morgan fingerprint density at radius 2 is 2.00 bits per heavy atom. The molecule has 0 radical (unpaired) electrons. The van der Waals surface area contributed by atoms with Crippen LogP contribution in [0.1, 0.15) is 10.7 Å². The van der Waals surface area contributed by atoms with Gasteiger partial charge in [-0.1, -0.05) is 11.6 Å². The van der Waals surface area contributed by atoms with Crippen molar-refractivity contribution in [3.63, 3.8) is 0 Å². The molecule has 0 unspecified atom stereocenters. The van der Waals surface area contributed by atoms with Crippen molar-refractivity contribution >= 4 is 22.9 Å². The first-order valence-corrected chi connectivity index (χ1v) is 5.30. The summed E-state index contributed by atoms with van der Waals surface area (Å²) < 4.78 is 0. The van der Waals surface area contributed by atoms with Gasteiger partial charge in [0.25, 0.3) is 0 Å². The molecule has 0 saturated heterocycles. The molecule has 0 amide bonds. The number of nitrogens with zero attached hydrogens (tertiary/aromatic N) is 3. The molecule has 0 bridgehead atoms. The minimum atomic E-state index is 0.410. The zero-order chi connectivity index (χ0) is 10.1. The molecular weight excluding hydrogens is 218 g/mol. The third kappa shape index (κ3) is 1.76. The zero-order valence-electron chi connectivity index (χ0n) is 7.78. The average molecular weight is 226 g/mol. The predicted octanol–water partition coefficient (Wildman–Crippen LogP) is 2.87. The van der Waals surface area contributed by atoms with Crippen LogP contribution in [0.25, 0.3) is 10.6 Å². The fourth-order valence-corrected chi connectivity index (χ4v) is 2.19. The van der Waals surface area contributed by atoms with E-state index in [2.05, 4.69) is 15.2 Å². The van der Waals surface area contributed by atoms with Crippen molar-refractivity contribution in [2.45, 2.75) is 13.8 Å². The molecule has 0 N–H and O–H groups in total. The lowest BCUT2D eigenvalue weighted by atomic mass is 10.3. The molecule has 0 saturated carbocycles. The molecule has 5 heteroatoms. The van der Waals surface area contributed by atoms with Crippen LogP contribution in [-0.2, 0) is 0 Å². The molecule has 0 spiro atoms. The van der Waals surface area contributed by atoms with Crippen molar-refractivity contribution in [1.29, 1.82) is 0 Å². The van der Waals surface area contributed by atoms with Crippen LogP contribution in [0, 0.1) is 13.8 Å². The number of rotatable bonds is 1. The van der Waals surface area contributed by atoms with Gasteiger partial charge in [-0.25, -0.2) is 4.98 Å². The Morgan fingerprint density at radius 1 is 1.21 bits per heavy atom. The van der Waals surface area contributed by atoms with E-state index in [1.54, 1.807) is 17.4 Å². The van der Waals surface area contributed by atoms with Gasteiger partial charge in [-0.3, -0.25) is 0 Å². The summed E-state index contributed by atoms with van der Waals surface area (Å²) >= 11 is 7.27. The smallest absolute Gasteiger partial charge is 0.151 e. The molecular formula is C9H8ClN3S. The van der Waals surface area contributed by atoms with Crippen LogP contribution in [-0.4, -0.2) is 15.2 Å². The summed E-state index contributed by atoms with van der Waals surface area (Å²) in [7, 11) is 0. The molecule has 2 heterocycles. The normalized spacial score (nSPS) is 10.5. The minimum Gasteiger partial charge on any atom is -0.246 e. The van der Waals surface area contributed by atoms with Gasteiger partial charge >= 0.3 is 0 Å². The number of aryl methyl sites for hydroxylation is 2. The average Bonchev–Trinajstić information content (AvgIpc) is 2.47. The van der Waals surface area contributed by atoms with E-state index in [0.717, 1.165) is 21.3 Å². The maximum absolute atomic E-state index is 5.66. The van der Waals surface area contributed by atoms with E-state index < -0.39 is 0 Å². The van der Waals surface area contributed by atoms with Gasteiger partial charge in [0.05, 0.1) is 15.6 Å². The van der Waals surface area contributed by atoms with Gasteiger partial charge in [0.2, 0.25) is 0 Å². The minimum absolute atomic E-state index is 0.410. The topological polar surface area (TPSA) is 38.7 Å². The second-order valence-electron chi connectivity index (χ2n) is 2.89. The predicted molar refractivity (Wildman–Crippen MR) is 57.6 cm³/mol. The fraction of sp³-hybridized carbons (Fsp3) is 0.222. The highest BCUT2D eigenvalue weighted by atomic mass is 35.5. The van der Waals surface area contributed by atoms with Crippen molar-refractivity contribution in [3.8, 4) is 10.6 Å². The maximum atomic E-state index is 5.66. The van der Waals surface area contributed by atoms with Crippen LogP contribution in [0.2, 0.25) is 5.15 Å². The van der Waals surface area contributed by atoms with Crippen LogP contribution in [0.4, 0.5) is 0 Å². The van der Waals surface area contributed by atoms with E-state index in [9.17, 15) is 0 Å². The highest BCUT2D eigenvalue weighted by Gasteiger charge is 2.08. The molecule has 14 heavy (non-hydrogen) atoms. The first-order chi connectivity index (χ1) is 6.66. The van der Waals surface area contributed by atoms with Gasteiger partial charge in [0.15, 0.2) is 5.15 Å². The monoisotopic (exact) mass is 225 g/mol. The van der Waals surface area contributed by atoms with Crippen LogP contribution in [0.5, 0.6) is 0 Å². The molecule has 0 aliphatic heterocycles. The number of hydrogen-bond acceptors (Lipinski definition) is 4. The number of hydrogen-bond donors (Lipinski definition) is 0. The van der Waals surface area contributed by atoms with Gasteiger partial charge in [-0.2, -0.15) is 0 Å². The lowest BCUT2D eigenvalue weighted by molar-refractivity contribution is 1.04. The van der Waals surface area contributed by atoms with Gasteiger partial charge in [0.1, 0.15) is 5.69 Å². The maximum Gasteiger partial charge on any atom is 0.151 e. The van der Waals surface area contributed by atoms with Crippen LogP contribution >= 0.6 is 22.9 Å². The van der Waals surface area contributed by atoms with Crippen LogP contribution in [0.3, 0.4) is 0 Å². The Labute approximate surface area is 90.8 Å². The van der Waals surface area contributed by atoms with E-state index in [1.165, 1.54) is 0 Å². The molecule has 0 aromatic carbocycles. The highest BCUT2D eigenvalue weighted by molar-refractivity contribution is 7.15. The third-order valence-corrected chi connectivity index (χ3v) is 3.07. The summed E-state index contributed by atoms with van der Waals surface area (Å²) in [4.78, 5) is 5.39. The van der Waals surface area contributed by atoms with Crippen molar-refractivity contribution in [2.24, 2.45) is 0 Å². The van der Waals surface area contributed by atoms with Gasteiger partial charge in [-0.15, -0.1) is 21.5 Å². The van der Waals surface area contributed by atoms with E-state index >= 15 is 0 Å². The molecule has 72 valence electrons. The lowest BCUT2D eigenvalue weighted by Gasteiger charge is -1.95. The standard InChI is InChI=1S/C9H8ClN3S/c1-5-9(14-6(2)11-5)7-3-4-8(10)13-12-7/h3-4H,1-2H3. The highest BCUT2D eigenvalue weighted by Crippen LogP contribution is 2.27. The largest absolute Gasteiger partial charge is 0.246 e. The van der Waals surface area contributed by atoms with Crippen LogP contribution in [0.15, 0.2) is 12.1 Å². The summed E-state index contributed by atoms with van der Waals surface area (Å²) in [6.07, 6.45) is 0. The summed E-state index contributed by atoms with van der Waals surface area (Å²) in [5.74, 6) is 0. The summed E-state index contributed by atoms with van der Waals surface area (Å²) in [6, 6.07) is 3.59. The third-order valence-electron chi connectivity index (χ3n) is 1.77. The molecule has 2 aromatic rings. The summed E-state index contributed by atoms with van der Waals surface area (Å²) in [5, 5.41) is 9.26. The number of aromatic nitrogens is 3. The van der Waals surface area contributed by atoms with E-state index in [-0.39, 0.29) is 0 Å². The molecule has 3 nitrogen and oxygen atoms in total. The molecule has 0 aliphatic carbocycles. The number of halogens is 1. The second-order valence-corrected chi connectivity index (χ2v) is 4.48. The first-order valence-electron chi connectivity index (χ1n) is 4.10. The van der Waals surface area contributed by atoms with Crippen LogP contribution < -0.4 is 0 Å². The fourth-order valence-electron chi connectivity index (χ4n) is 1.21. The Balaban J connectivity index is 2.49. The molecule has 2 aromatic heterocycles.